The minimum absolute atomic E-state index is 0.393. The van der Waals surface area contributed by atoms with Gasteiger partial charge in [-0.05, 0) is 30.7 Å². The van der Waals surface area contributed by atoms with E-state index < -0.39 is 0 Å². The minimum Gasteiger partial charge on any atom is -0.330 e. The van der Waals surface area contributed by atoms with Crippen molar-refractivity contribution in [1.82, 2.24) is 10.5 Å². The van der Waals surface area contributed by atoms with E-state index >= 15 is 0 Å². The molecule has 0 radical (unpaired) electrons. The molecule has 1 aromatic carbocycles. The van der Waals surface area contributed by atoms with Gasteiger partial charge in [0.25, 0.3) is 0 Å². The van der Waals surface area contributed by atoms with Crippen molar-refractivity contribution >= 4 is 0 Å². The Morgan fingerprint density at radius 1 is 1.00 bits per heavy atom. The third kappa shape index (κ3) is 7.28. The molecule has 2 aromatic rings. The van der Waals surface area contributed by atoms with Crippen LogP contribution in [0.15, 0.2) is 54.7 Å². The highest BCUT2D eigenvalue weighted by molar-refractivity contribution is 5.14. The van der Waals surface area contributed by atoms with E-state index in [1.807, 2.05) is 48.5 Å². The Hall–Kier alpha value is -1.78. The van der Waals surface area contributed by atoms with Crippen molar-refractivity contribution in [1.29, 1.82) is 0 Å². The molecule has 0 atom stereocenters. The molecule has 1 heterocycles. The maximum absolute atomic E-state index is 11.4. The Labute approximate surface area is 113 Å². The van der Waals surface area contributed by atoms with Gasteiger partial charge >= 0.3 is 0 Å². The summed E-state index contributed by atoms with van der Waals surface area (Å²) in [5, 5.41) is 0. The number of pyridine rings is 1. The van der Waals surface area contributed by atoms with Crippen molar-refractivity contribution in [3.8, 4) is 0 Å². The highest BCUT2D eigenvalue weighted by atomic mass is 19.2. The van der Waals surface area contributed by atoms with Crippen LogP contribution in [-0.4, -0.2) is 18.1 Å². The van der Waals surface area contributed by atoms with Gasteiger partial charge in [0.2, 0.25) is 0 Å². The van der Waals surface area contributed by atoms with Gasteiger partial charge in [0.1, 0.15) is 0 Å². The van der Waals surface area contributed by atoms with Crippen molar-refractivity contribution in [2.45, 2.75) is 12.8 Å². The highest BCUT2D eigenvalue weighted by Crippen LogP contribution is 1.97. The van der Waals surface area contributed by atoms with E-state index in [9.17, 15) is 4.48 Å². The summed E-state index contributed by atoms with van der Waals surface area (Å²) in [6, 6.07) is 15.7. The van der Waals surface area contributed by atoms with Crippen LogP contribution in [0.25, 0.3) is 0 Å². The molecule has 0 fully saturated rings. The summed E-state index contributed by atoms with van der Waals surface area (Å²) < 4.78 is 11.4. The van der Waals surface area contributed by atoms with Crippen LogP contribution in [0, 0.1) is 0 Å². The monoisotopic (exact) mass is 261 g/mol. The molecular weight excluding hydrogens is 241 g/mol. The molecule has 2 rings (SSSR count). The topological polar surface area (TPSA) is 50.9 Å². The van der Waals surface area contributed by atoms with Gasteiger partial charge in [-0.15, -0.1) is 4.48 Å². The number of nitrogens with one attached hydrogen (secondary N) is 1. The summed E-state index contributed by atoms with van der Waals surface area (Å²) in [4.78, 5) is 4.09. The lowest BCUT2D eigenvalue weighted by Gasteiger charge is -1.95. The normalized spacial score (nSPS) is 9.58. The van der Waals surface area contributed by atoms with Gasteiger partial charge < -0.3 is 5.73 Å². The lowest BCUT2D eigenvalue weighted by atomic mass is 10.2. The van der Waals surface area contributed by atoms with Gasteiger partial charge in [0.05, 0.1) is 0 Å². The molecule has 0 aliphatic carbocycles. The van der Waals surface area contributed by atoms with E-state index in [1.165, 1.54) is 0 Å². The van der Waals surface area contributed by atoms with Gasteiger partial charge in [0, 0.05) is 24.9 Å². The molecule has 0 saturated heterocycles. The molecule has 1 aromatic heterocycles. The van der Waals surface area contributed by atoms with E-state index in [2.05, 4.69) is 4.98 Å². The predicted molar refractivity (Wildman–Crippen MR) is 76.3 cm³/mol. The Bertz CT molecular complexity index is 420. The summed E-state index contributed by atoms with van der Waals surface area (Å²) in [5.41, 5.74) is 9.17. The maximum Gasteiger partial charge on any atom is 0.0416 e. The first kappa shape index (κ1) is 15.3. The average Bonchev–Trinajstić information content (AvgIpc) is 2.48. The van der Waals surface area contributed by atoms with E-state index in [0.29, 0.717) is 13.1 Å². The summed E-state index contributed by atoms with van der Waals surface area (Å²) in [6.07, 6.45) is 3.41. The molecule has 4 heteroatoms. The van der Waals surface area contributed by atoms with Crippen LogP contribution in [-0.2, 0) is 12.8 Å². The van der Waals surface area contributed by atoms with Crippen LogP contribution < -0.4 is 11.3 Å². The first-order chi connectivity index (χ1) is 9.36. The molecule has 102 valence electrons. The first-order valence-corrected chi connectivity index (χ1v) is 6.34. The molecule has 0 bridgehead atoms. The van der Waals surface area contributed by atoms with E-state index in [-0.39, 0.29) is 0 Å². The van der Waals surface area contributed by atoms with E-state index in [1.54, 1.807) is 11.7 Å². The van der Waals surface area contributed by atoms with Gasteiger partial charge in [0.15, 0.2) is 0 Å². The largest absolute Gasteiger partial charge is 0.330 e. The van der Waals surface area contributed by atoms with Gasteiger partial charge in [-0.2, -0.15) is 5.54 Å². The fourth-order valence-corrected chi connectivity index (χ4v) is 1.53. The Kier molecular flexibility index (Phi) is 8.18. The molecule has 0 amide bonds. The number of hydrogen-bond acceptors (Lipinski definition) is 3. The summed E-state index contributed by atoms with van der Waals surface area (Å²) in [5.74, 6) is 0. The smallest absolute Gasteiger partial charge is 0.0416 e. The molecule has 0 aliphatic rings. The molecular formula is C15H20FN3. The van der Waals surface area contributed by atoms with Crippen molar-refractivity contribution in [3.05, 3.63) is 66.0 Å². The third-order valence-electron chi connectivity index (χ3n) is 2.48. The molecule has 0 unspecified atom stereocenters. The summed E-state index contributed by atoms with van der Waals surface area (Å²) >= 11 is 0. The molecule has 0 spiro atoms. The number of hydrogen-bond donors (Lipinski definition) is 2. The minimum atomic E-state index is 0.393. The lowest BCUT2D eigenvalue weighted by molar-refractivity contribution is 0.337. The van der Waals surface area contributed by atoms with Crippen molar-refractivity contribution < 1.29 is 4.48 Å². The fraction of sp³-hybridized carbons (Fsp3) is 0.267. The zero-order valence-electron chi connectivity index (χ0n) is 10.9. The van der Waals surface area contributed by atoms with Crippen molar-refractivity contribution in [2.75, 3.05) is 13.1 Å². The van der Waals surface area contributed by atoms with Crippen molar-refractivity contribution in [2.24, 2.45) is 5.73 Å². The quantitative estimate of drug-likeness (QED) is 0.812. The molecule has 3 N–H and O–H groups in total. The second-order valence-corrected chi connectivity index (χ2v) is 3.98. The number of nitrogens with zero attached hydrogens (tertiary/aromatic N) is 1. The van der Waals surface area contributed by atoms with Crippen LogP contribution in [0.1, 0.15) is 11.3 Å². The van der Waals surface area contributed by atoms with Gasteiger partial charge in [-0.3, -0.25) is 4.98 Å². The number of nitrogens with two attached hydrogens (primary N) is 1. The number of halogens is 1. The Morgan fingerprint density at radius 3 is 2.32 bits per heavy atom. The Morgan fingerprint density at radius 2 is 1.74 bits per heavy atom. The SMILES string of the molecule is FNCCc1ccccc1.NCCc1ccccn1. The number of aromatic nitrogens is 1. The zero-order chi connectivity index (χ0) is 13.8. The maximum atomic E-state index is 11.4. The standard InChI is InChI=1S/C8H10FN.C7H10N2/c9-10-7-6-8-4-2-1-3-5-8;8-5-4-7-3-1-2-6-9-7/h1-5,10H,6-7H2;1-3,6H,4-5,8H2. The number of rotatable bonds is 5. The summed E-state index contributed by atoms with van der Waals surface area (Å²) in [6.45, 7) is 1.07. The van der Waals surface area contributed by atoms with Crippen LogP contribution in [0.3, 0.4) is 0 Å². The van der Waals surface area contributed by atoms with Crippen LogP contribution >= 0.6 is 0 Å². The second kappa shape index (κ2) is 10.2. The van der Waals surface area contributed by atoms with Crippen LogP contribution in [0.2, 0.25) is 0 Å². The Balaban J connectivity index is 0.000000191. The van der Waals surface area contributed by atoms with Gasteiger partial charge in [-0.25, -0.2) is 0 Å². The second-order valence-electron chi connectivity index (χ2n) is 3.98. The summed E-state index contributed by atoms with van der Waals surface area (Å²) in [7, 11) is 0. The molecule has 3 nitrogen and oxygen atoms in total. The molecule has 0 aliphatic heterocycles. The first-order valence-electron chi connectivity index (χ1n) is 6.34. The van der Waals surface area contributed by atoms with E-state index in [4.69, 9.17) is 5.73 Å². The zero-order valence-corrected chi connectivity index (χ0v) is 10.9. The highest BCUT2D eigenvalue weighted by Gasteiger charge is 1.88. The van der Waals surface area contributed by atoms with Crippen LogP contribution in [0.4, 0.5) is 4.48 Å². The third-order valence-corrected chi connectivity index (χ3v) is 2.48. The van der Waals surface area contributed by atoms with E-state index in [0.717, 1.165) is 24.1 Å². The predicted octanol–water partition coefficient (Wildman–Crippen LogP) is 2.29. The van der Waals surface area contributed by atoms with Crippen LogP contribution in [0.5, 0.6) is 0 Å². The number of benzene rings is 1. The average molecular weight is 261 g/mol. The molecule has 0 saturated carbocycles. The van der Waals surface area contributed by atoms with Gasteiger partial charge in [-0.1, -0.05) is 36.4 Å². The lowest BCUT2D eigenvalue weighted by Crippen LogP contribution is -2.05. The van der Waals surface area contributed by atoms with Crippen molar-refractivity contribution in [3.63, 3.8) is 0 Å². The fourth-order valence-electron chi connectivity index (χ4n) is 1.53. The molecule has 19 heavy (non-hydrogen) atoms.